The lowest BCUT2D eigenvalue weighted by molar-refractivity contribution is -0.124. The molecule has 1 aromatic carbocycles. The Morgan fingerprint density at radius 1 is 1.03 bits per heavy atom. The Morgan fingerprint density at radius 3 is 2.31 bits per heavy atom. The summed E-state index contributed by atoms with van der Waals surface area (Å²) in [6, 6.07) is 11.8. The highest BCUT2D eigenvalue weighted by atomic mass is 16.7. The quantitative estimate of drug-likeness (QED) is 0.473. The zero-order chi connectivity index (χ0) is 25.5. The third kappa shape index (κ3) is 7.03. The standard InChI is InChI=1S/C25H34BN3O6/c1-24(2)25(3,4)35-26(34-24)21(13-15-33-19-11-7-6-8-12-19)29-23(31)20(17-32-5)28-22(30)18-10-9-14-27-16-18/h6-12,14,16,20-21H,13,15,17H2,1-5H3,(H,28,30)(H,29,31)/t20-,21+/m1/s1. The van der Waals surface area contributed by atoms with E-state index in [9.17, 15) is 9.59 Å². The van der Waals surface area contributed by atoms with E-state index in [1.807, 2.05) is 58.0 Å². The van der Waals surface area contributed by atoms with E-state index in [1.165, 1.54) is 13.3 Å². The molecule has 0 spiro atoms. The second-order valence-electron chi connectivity index (χ2n) is 9.41. The summed E-state index contributed by atoms with van der Waals surface area (Å²) in [5, 5.41) is 5.70. The molecular weight excluding hydrogens is 449 g/mol. The van der Waals surface area contributed by atoms with Crippen LogP contribution in [0.1, 0.15) is 44.5 Å². The van der Waals surface area contributed by atoms with Crippen LogP contribution in [0.3, 0.4) is 0 Å². The molecule has 0 unspecified atom stereocenters. The number of nitrogens with one attached hydrogen (secondary N) is 2. The molecule has 0 radical (unpaired) electrons. The van der Waals surface area contributed by atoms with Gasteiger partial charge in [0.05, 0.1) is 35.9 Å². The minimum Gasteiger partial charge on any atom is -0.494 e. The number of amides is 2. The van der Waals surface area contributed by atoms with Gasteiger partial charge in [0.2, 0.25) is 5.91 Å². The normalized spacial score (nSPS) is 17.9. The summed E-state index contributed by atoms with van der Waals surface area (Å²) in [5.74, 6) is -0.632. The maximum atomic E-state index is 13.2. The van der Waals surface area contributed by atoms with Crippen molar-refractivity contribution in [2.45, 2.75) is 57.3 Å². The molecule has 1 saturated heterocycles. The van der Waals surface area contributed by atoms with Crippen LogP contribution in [0.4, 0.5) is 0 Å². The molecule has 9 nitrogen and oxygen atoms in total. The van der Waals surface area contributed by atoms with Gasteiger partial charge < -0.3 is 29.4 Å². The number of para-hydroxylation sites is 1. The number of nitrogens with zero attached hydrogens (tertiary/aromatic N) is 1. The number of aromatic nitrogens is 1. The molecule has 2 heterocycles. The molecule has 0 saturated carbocycles. The van der Waals surface area contributed by atoms with Crippen molar-refractivity contribution in [3.8, 4) is 5.75 Å². The molecule has 2 N–H and O–H groups in total. The van der Waals surface area contributed by atoms with Gasteiger partial charge in [0, 0.05) is 25.9 Å². The van der Waals surface area contributed by atoms with Crippen molar-refractivity contribution >= 4 is 18.9 Å². The SMILES string of the molecule is COC[C@@H](NC(=O)c1cccnc1)C(=O)N[C@@H](CCOc1ccccc1)B1OC(C)(C)C(C)(C)O1. The van der Waals surface area contributed by atoms with E-state index in [-0.39, 0.29) is 6.61 Å². The summed E-state index contributed by atoms with van der Waals surface area (Å²) in [5.41, 5.74) is -0.789. The predicted molar refractivity (Wildman–Crippen MR) is 132 cm³/mol. The highest BCUT2D eigenvalue weighted by Crippen LogP contribution is 2.37. The molecule has 1 fully saturated rings. The van der Waals surface area contributed by atoms with Gasteiger partial charge in [-0.05, 0) is 52.0 Å². The lowest BCUT2D eigenvalue weighted by atomic mass is 9.76. The van der Waals surface area contributed by atoms with Crippen molar-refractivity contribution in [1.82, 2.24) is 15.6 Å². The predicted octanol–water partition coefficient (Wildman–Crippen LogP) is 2.41. The Labute approximate surface area is 207 Å². The first-order valence-electron chi connectivity index (χ1n) is 11.7. The number of pyridine rings is 1. The van der Waals surface area contributed by atoms with E-state index in [0.29, 0.717) is 18.6 Å². The van der Waals surface area contributed by atoms with Gasteiger partial charge in [-0.2, -0.15) is 0 Å². The Balaban J connectivity index is 1.71. The van der Waals surface area contributed by atoms with E-state index < -0.39 is 42.1 Å². The van der Waals surface area contributed by atoms with Crippen molar-refractivity contribution in [3.63, 3.8) is 0 Å². The molecule has 2 aromatic rings. The number of hydrogen-bond donors (Lipinski definition) is 2. The summed E-state index contributed by atoms with van der Waals surface area (Å²) in [6.45, 7) is 8.13. The van der Waals surface area contributed by atoms with Crippen molar-refractivity contribution in [2.24, 2.45) is 0 Å². The third-order valence-corrected chi connectivity index (χ3v) is 6.25. The summed E-state index contributed by atoms with van der Waals surface area (Å²) in [7, 11) is 0.774. The molecule has 3 rings (SSSR count). The van der Waals surface area contributed by atoms with Gasteiger partial charge in [0.25, 0.3) is 5.91 Å². The van der Waals surface area contributed by atoms with Gasteiger partial charge in [0.1, 0.15) is 11.8 Å². The molecule has 1 aliphatic rings. The lowest BCUT2D eigenvalue weighted by Gasteiger charge is -2.32. The van der Waals surface area contributed by atoms with Crippen LogP contribution in [0.15, 0.2) is 54.9 Å². The topological polar surface area (TPSA) is 108 Å². The third-order valence-electron chi connectivity index (χ3n) is 6.25. The Hall–Kier alpha value is -2.95. The smallest absolute Gasteiger partial charge is 0.481 e. The van der Waals surface area contributed by atoms with Crippen LogP contribution < -0.4 is 15.4 Å². The molecule has 0 bridgehead atoms. The first-order chi connectivity index (χ1) is 16.6. The van der Waals surface area contributed by atoms with Gasteiger partial charge in [0.15, 0.2) is 0 Å². The van der Waals surface area contributed by atoms with Crippen LogP contribution in [0.2, 0.25) is 0 Å². The van der Waals surface area contributed by atoms with E-state index in [1.54, 1.807) is 18.3 Å². The fraction of sp³-hybridized carbons (Fsp3) is 0.480. The minimum atomic E-state index is -0.923. The largest absolute Gasteiger partial charge is 0.494 e. The van der Waals surface area contributed by atoms with Crippen LogP contribution in [0.5, 0.6) is 5.75 Å². The number of ether oxygens (including phenoxy) is 2. The lowest BCUT2D eigenvalue weighted by Crippen LogP contribution is -2.56. The molecule has 2 amide bonds. The van der Waals surface area contributed by atoms with Gasteiger partial charge in [-0.3, -0.25) is 14.6 Å². The van der Waals surface area contributed by atoms with Crippen molar-refractivity contribution in [3.05, 3.63) is 60.4 Å². The molecule has 35 heavy (non-hydrogen) atoms. The van der Waals surface area contributed by atoms with E-state index in [4.69, 9.17) is 18.8 Å². The molecular formula is C25H34BN3O6. The number of rotatable bonds is 11. The number of methoxy groups -OCH3 is 1. The number of carbonyl (C=O) groups is 2. The molecule has 0 aliphatic carbocycles. The first kappa shape index (κ1) is 26.7. The average Bonchev–Trinajstić information content (AvgIpc) is 3.05. The fourth-order valence-electron chi connectivity index (χ4n) is 3.52. The summed E-state index contributed by atoms with van der Waals surface area (Å²) in [4.78, 5) is 29.8. The van der Waals surface area contributed by atoms with Crippen LogP contribution in [-0.4, -0.2) is 67.4 Å². The molecule has 10 heteroatoms. The van der Waals surface area contributed by atoms with Crippen LogP contribution in [-0.2, 0) is 18.8 Å². The van der Waals surface area contributed by atoms with Gasteiger partial charge in [-0.1, -0.05) is 18.2 Å². The van der Waals surface area contributed by atoms with E-state index >= 15 is 0 Å². The van der Waals surface area contributed by atoms with E-state index in [0.717, 1.165) is 5.75 Å². The maximum absolute atomic E-state index is 13.2. The number of benzene rings is 1. The Bertz CT molecular complexity index is 958. The molecule has 188 valence electrons. The van der Waals surface area contributed by atoms with Crippen LogP contribution in [0.25, 0.3) is 0 Å². The van der Waals surface area contributed by atoms with Crippen molar-refractivity contribution in [2.75, 3.05) is 20.3 Å². The molecule has 2 atom stereocenters. The second-order valence-corrected chi connectivity index (χ2v) is 9.41. The van der Waals surface area contributed by atoms with Crippen LogP contribution in [0, 0.1) is 0 Å². The number of carbonyl (C=O) groups excluding carboxylic acids is 2. The average molecular weight is 483 g/mol. The highest BCUT2D eigenvalue weighted by molar-refractivity contribution is 6.48. The minimum absolute atomic E-state index is 0.00552. The Morgan fingerprint density at radius 2 is 1.71 bits per heavy atom. The summed E-state index contributed by atoms with van der Waals surface area (Å²) >= 11 is 0. The molecule has 1 aliphatic heterocycles. The fourth-order valence-corrected chi connectivity index (χ4v) is 3.52. The first-order valence-corrected chi connectivity index (χ1v) is 11.7. The van der Waals surface area contributed by atoms with Gasteiger partial charge >= 0.3 is 7.12 Å². The monoisotopic (exact) mass is 483 g/mol. The Kier molecular flexibility index (Phi) is 8.88. The van der Waals surface area contributed by atoms with Gasteiger partial charge in [-0.25, -0.2) is 0 Å². The van der Waals surface area contributed by atoms with Crippen molar-refractivity contribution in [1.29, 1.82) is 0 Å². The summed E-state index contributed by atoms with van der Waals surface area (Å²) < 4.78 is 23.4. The van der Waals surface area contributed by atoms with Crippen molar-refractivity contribution < 1.29 is 28.4 Å². The highest BCUT2D eigenvalue weighted by Gasteiger charge is 2.54. The zero-order valence-electron chi connectivity index (χ0n) is 20.9. The van der Waals surface area contributed by atoms with E-state index in [2.05, 4.69) is 15.6 Å². The maximum Gasteiger partial charge on any atom is 0.481 e. The molecule has 1 aromatic heterocycles. The zero-order valence-corrected chi connectivity index (χ0v) is 20.9. The second kappa shape index (κ2) is 11.7. The van der Waals surface area contributed by atoms with Gasteiger partial charge in [-0.15, -0.1) is 0 Å². The summed E-state index contributed by atoms with van der Waals surface area (Å²) in [6.07, 6.45) is 3.43. The number of hydrogen-bond acceptors (Lipinski definition) is 7. The van der Waals surface area contributed by atoms with Crippen LogP contribution >= 0.6 is 0 Å².